The van der Waals surface area contributed by atoms with Crippen molar-refractivity contribution in [1.29, 1.82) is 0 Å². The van der Waals surface area contributed by atoms with E-state index in [1.165, 1.54) is 30.3 Å². The van der Waals surface area contributed by atoms with E-state index in [0.29, 0.717) is 11.1 Å². The molecule has 0 unspecified atom stereocenters. The summed E-state index contributed by atoms with van der Waals surface area (Å²) in [5, 5.41) is 35.2. The molecule has 0 fully saturated rings. The van der Waals surface area contributed by atoms with Crippen molar-refractivity contribution in [1.82, 2.24) is 0 Å². The minimum atomic E-state index is -1.25. The van der Waals surface area contributed by atoms with Gasteiger partial charge in [-0.3, -0.25) is 0 Å². The molecule has 8 heteroatoms. The Morgan fingerprint density at radius 1 is 0.533 bits per heavy atom. The third-order valence-electron chi connectivity index (χ3n) is 3.95. The zero-order chi connectivity index (χ0) is 22.3. The topological polar surface area (TPSA) is 149 Å². The first-order chi connectivity index (χ1) is 14.2. The standard InChI is InChI=1S/C14H10O4.C8H6O4/c15-13(16)11-8-4-7-10(12(11)14(17)18)9-5-2-1-3-6-9;9-7(10)5-2-1-3-6(4-5)8(11)12/h1-8H,(H,15,16)(H,17,18);1-4H,(H,9,10)(H,11,12). The second-order valence-corrected chi connectivity index (χ2v) is 5.90. The van der Waals surface area contributed by atoms with Crippen LogP contribution in [0.4, 0.5) is 0 Å². The van der Waals surface area contributed by atoms with Gasteiger partial charge < -0.3 is 20.4 Å². The third-order valence-corrected chi connectivity index (χ3v) is 3.95. The molecule has 8 nitrogen and oxygen atoms in total. The lowest BCUT2D eigenvalue weighted by Gasteiger charge is -2.08. The Hall–Kier alpha value is -4.46. The van der Waals surface area contributed by atoms with Gasteiger partial charge in [0, 0.05) is 0 Å². The molecule has 0 saturated carbocycles. The van der Waals surface area contributed by atoms with Gasteiger partial charge in [-0.25, -0.2) is 19.2 Å². The summed E-state index contributed by atoms with van der Waals surface area (Å²) in [7, 11) is 0. The Morgan fingerprint density at radius 3 is 1.53 bits per heavy atom. The van der Waals surface area contributed by atoms with Crippen molar-refractivity contribution in [3.8, 4) is 11.1 Å². The molecular weight excluding hydrogens is 392 g/mol. The van der Waals surface area contributed by atoms with Crippen molar-refractivity contribution >= 4 is 23.9 Å². The first-order valence-electron chi connectivity index (χ1n) is 8.44. The zero-order valence-electron chi connectivity index (χ0n) is 15.4. The van der Waals surface area contributed by atoms with Gasteiger partial charge in [0.05, 0.1) is 22.3 Å². The van der Waals surface area contributed by atoms with Crippen LogP contribution in [0.1, 0.15) is 41.4 Å². The van der Waals surface area contributed by atoms with E-state index in [4.69, 9.17) is 15.3 Å². The highest BCUT2D eigenvalue weighted by Gasteiger charge is 2.20. The van der Waals surface area contributed by atoms with Gasteiger partial charge in [0.25, 0.3) is 0 Å². The molecule has 0 aliphatic carbocycles. The van der Waals surface area contributed by atoms with Crippen LogP contribution in [0.15, 0.2) is 72.8 Å². The summed E-state index contributed by atoms with van der Waals surface area (Å²) in [6, 6.07) is 18.5. The summed E-state index contributed by atoms with van der Waals surface area (Å²) in [4.78, 5) is 43.1. The van der Waals surface area contributed by atoms with E-state index in [1.807, 2.05) is 6.07 Å². The van der Waals surface area contributed by atoms with Crippen LogP contribution in [0, 0.1) is 0 Å². The number of carbonyl (C=O) groups is 4. The van der Waals surface area contributed by atoms with Crippen LogP contribution >= 0.6 is 0 Å². The second-order valence-electron chi connectivity index (χ2n) is 5.90. The summed E-state index contributed by atoms with van der Waals surface area (Å²) < 4.78 is 0. The van der Waals surface area contributed by atoms with Crippen LogP contribution in [-0.2, 0) is 0 Å². The Morgan fingerprint density at radius 2 is 1.07 bits per heavy atom. The van der Waals surface area contributed by atoms with E-state index < -0.39 is 23.9 Å². The van der Waals surface area contributed by atoms with Crippen molar-refractivity contribution in [3.05, 3.63) is 95.1 Å². The summed E-state index contributed by atoms with van der Waals surface area (Å²) in [6.07, 6.45) is 0. The lowest BCUT2D eigenvalue weighted by Crippen LogP contribution is -2.09. The molecule has 152 valence electrons. The Balaban J connectivity index is 0.000000232. The third kappa shape index (κ3) is 5.29. The maximum absolute atomic E-state index is 11.3. The van der Waals surface area contributed by atoms with Gasteiger partial charge in [-0.2, -0.15) is 0 Å². The molecule has 0 radical (unpaired) electrons. The van der Waals surface area contributed by atoms with E-state index in [0.717, 1.165) is 6.07 Å². The minimum absolute atomic E-state index is 0.0186. The van der Waals surface area contributed by atoms with Crippen molar-refractivity contribution in [2.45, 2.75) is 0 Å². The fourth-order valence-electron chi connectivity index (χ4n) is 2.60. The largest absolute Gasteiger partial charge is 0.478 e. The SMILES string of the molecule is O=C(O)c1cccc(-c2ccccc2)c1C(=O)O.O=C(O)c1cccc(C(=O)O)c1. The molecule has 0 heterocycles. The quantitative estimate of drug-likeness (QED) is 0.497. The number of rotatable bonds is 5. The molecule has 30 heavy (non-hydrogen) atoms. The lowest BCUT2D eigenvalue weighted by atomic mass is 9.95. The van der Waals surface area contributed by atoms with Crippen LogP contribution < -0.4 is 0 Å². The molecule has 0 saturated heterocycles. The highest BCUT2D eigenvalue weighted by atomic mass is 16.4. The molecular formula is C22H16O8. The summed E-state index contributed by atoms with van der Waals surface area (Å²) in [5.41, 5.74) is 0.658. The van der Waals surface area contributed by atoms with E-state index >= 15 is 0 Å². The molecule has 0 aromatic heterocycles. The van der Waals surface area contributed by atoms with Gasteiger partial charge in [0.2, 0.25) is 0 Å². The van der Waals surface area contributed by atoms with Gasteiger partial charge in [-0.1, -0.05) is 48.5 Å². The van der Waals surface area contributed by atoms with E-state index in [9.17, 15) is 24.3 Å². The van der Waals surface area contributed by atoms with Crippen LogP contribution in [0.5, 0.6) is 0 Å². The zero-order valence-corrected chi connectivity index (χ0v) is 15.4. The molecule has 0 spiro atoms. The Kier molecular flexibility index (Phi) is 7.02. The van der Waals surface area contributed by atoms with E-state index in [2.05, 4.69) is 0 Å². The predicted molar refractivity (Wildman–Crippen MR) is 106 cm³/mol. The number of hydrogen-bond acceptors (Lipinski definition) is 4. The molecule has 0 bridgehead atoms. The minimum Gasteiger partial charge on any atom is -0.478 e. The van der Waals surface area contributed by atoms with Gasteiger partial charge in [0.1, 0.15) is 0 Å². The monoisotopic (exact) mass is 408 g/mol. The summed E-state index contributed by atoms with van der Waals surface area (Å²) >= 11 is 0. The van der Waals surface area contributed by atoms with Gasteiger partial charge in [0.15, 0.2) is 0 Å². The van der Waals surface area contributed by atoms with Crippen molar-refractivity contribution in [3.63, 3.8) is 0 Å². The van der Waals surface area contributed by atoms with Crippen LogP contribution in [0.2, 0.25) is 0 Å². The van der Waals surface area contributed by atoms with Crippen molar-refractivity contribution < 1.29 is 39.6 Å². The van der Waals surface area contributed by atoms with Crippen molar-refractivity contribution in [2.75, 3.05) is 0 Å². The Bertz CT molecular complexity index is 1070. The van der Waals surface area contributed by atoms with E-state index in [1.54, 1.807) is 30.3 Å². The maximum Gasteiger partial charge on any atom is 0.337 e. The molecule has 0 aliphatic heterocycles. The second kappa shape index (κ2) is 9.65. The van der Waals surface area contributed by atoms with Crippen LogP contribution in [0.25, 0.3) is 11.1 Å². The molecule has 3 rings (SSSR count). The van der Waals surface area contributed by atoms with Crippen molar-refractivity contribution in [2.24, 2.45) is 0 Å². The number of aromatic carboxylic acids is 4. The summed E-state index contributed by atoms with van der Waals surface area (Å²) in [5.74, 6) is -4.74. The average Bonchev–Trinajstić information content (AvgIpc) is 2.74. The molecule has 3 aromatic carbocycles. The highest BCUT2D eigenvalue weighted by Crippen LogP contribution is 2.26. The number of benzene rings is 3. The fourth-order valence-corrected chi connectivity index (χ4v) is 2.60. The van der Waals surface area contributed by atoms with Crippen LogP contribution in [-0.4, -0.2) is 44.3 Å². The predicted octanol–water partition coefficient (Wildman–Crippen LogP) is 3.83. The molecule has 0 amide bonds. The number of carboxylic acid groups (broad SMARTS) is 4. The average molecular weight is 408 g/mol. The smallest absolute Gasteiger partial charge is 0.337 e. The fraction of sp³-hybridized carbons (Fsp3) is 0. The number of hydrogen-bond donors (Lipinski definition) is 4. The normalized spacial score (nSPS) is 9.73. The molecule has 0 aliphatic rings. The Labute approximate surface area is 170 Å². The summed E-state index contributed by atoms with van der Waals surface area (Å²) in [6.45, 7) is 0. The molecule has 3 aromatic rings. The first-order valence-corrected chi connectivity index (χ1v) is 8.44. The molecule has 4 N–H and O–H groups in total. The molecule has 0 atom stereocenters. The lowest BCUT2D eigenvalue weighted by molar-refractivity contribution is 0.0652. The maximum atomic E-state index is 11.3. The van der Waals surface area contributed by atoms with E-state index in [-0.39, 0.29) is 22.3 Å². The van der Waals surface area contributed by atoms with Gasteiger partial charge >= 0.3 is 23.9 Å². The van der Waals surface area contributed by atoms with Gasteiger partial charge in [-0.15, -0.1) is 0 Å². The highest BCUT2D eigenvalue weighted by molar-refractivity contribution is 6.06. The number of carboxylic acids is 4. The first kappa shape index (κ1) is 21.8. The van der Waals surface area contributed by atoms with Gasteiger partial charge in [-0.05, 0) is 35.4 Å². The van der Waals surface area contributed by atoms with Crippen LogP contribution in [0.3, 0.4) is 0 Å².